The van der Waals surface area contributed by atoms with Crippen LogP contribution < -0.4 is 5.73 Å². The van der Waals surface area contributed by atoms with Crippen LogP contribution in [0.1, 0.15) is 0 Å². The molecule has 0 saturated heterocycles. The molecular formula is C13H7BrF3N3. The van der Waals surface area contributed by atoms with Crippen LogP contribution in [-0.2, 0) is 0 Å². The summed E-state index contributed by atoms with van der Waals surface area (Å²) in [6.45, 7) is 0. The highest BCUT2D eigenvalue weighted by Crippen LogP contribution is 2.28. The minimum Gasteiger partial charge on any atom is -0.369 e. The van der Waals surface area contributed by atoms with Crippen molar-refractivity contribution in [3.63, 3.8) is 0 Å². The second kappa shape index (κ2) is 4.52. The van der Waals surface area contributed by atoms with Gasteiger partial charge in [-0.1, -0.05) is 0 Å². The molecule has 0 bridgehead atoms. The first-order valence-electron chi connectivity index (χ1n) is 5.56. The minimum absolute atomic E-state index is 0.00721. The molecular weight excluding hydrogens is 335 g/mol. The maximum Gasteiger partial charge on any atom is 0.206 e. The van der Waals surface area contributed by atoms with Crippen molar-refractivity contribution in [2.24, 2.45) is 0 Å². The van der Waals surface area contributed by atoms with Crippen molar-refractivity contribution in [1.82, 2.24) is 9.55 Å². The van der Waals surface area contributed by atoms with Gasteiger partial charge in [-0.25, -0.2) is 18.2 Å². The van der Waals surface area contributed by atoms with Crippen LogP contribution in [0.15, 0.2) is 34.8 Å². The molecule has 1 heterocycles. The van der Waals surface area contributed by atoms with Crippen molar-refractivity contribution in [2.45, 2.75) is 0 Å². The number of benzene rings is 2. The molecule has 2 aromatic carbocycles. The number of anilines is 1. The van der Waals surface area contributed by atoms with Gasteiger partial charge in [0.2, 0.25) is 5.95 Å². The van der Waals surface area contributed by atoms with Crippen molar-refractivity contribution in [3.8, 4) is 5.69 Å². The number of aromatic nitrogens is 2. The first kappa shape index (κ1) is 13.0. The van der Waals surface area contributed by atoms with Crippen molar-refractivity contribution in [2.75, 3.05) is 5.73 Å². The number of imidazole rings is 1. The van der Waals surface area contributed by atoms with E-state index < -0.39 is 17.5 Å². The molecule has 3 rings (SSSR count). The Labute approximate surface area is 120 Å². The summed E-state index contributed by atoms with van der Waals surface area (Å²) in [5, 5.41) is 0. The van der Waals surface area contributed by atoms with Crippen LogP contribution in [-0.4, -0.2) is 9.55 Å². The Kier molecular flexibility index (Phi) is 2.93. The zero-order chi connectivity index (χ0) is 14.4. The van der Waals surface area contributed by atoms with Gasteiger partial charge in [0.15, 0.2) is 0 Å². The van der Waals surface area contributed by atoms with Gasteiger partial charge < -0.3 is 5.73 Å². The maximum atomic E-state index is 14.0. The van der Waals surface area contributed by atoms with Gasteiger partial charge in [0.25, 0.3) is 0 Å². The van der Waals surface area contributed by atoms with Gasteiger partial charge in [-0.15, -0.1) is 0 Å². The van der Waals surface area contributed by atoms with E-state index in [9.17, 15) is 13.2 Å². The highest BCUT2D eigenvalue weighted by Gasteiger charge is 2.16. The van der Waals surface area contributed by atoms with E-state index in [0.29, 0.717) is 5.52 Å². The van der Waals surface area contributed by atoms with Gasteiger partial charge in [0, 0.05) is 12.1 Å². The molecule has 3 nitrogen and oxygen atoms in total. The number of nitrogen functional groups attached to an aromatic ring is 1. The van der Waals surface area contributed by atoms with Gasteiger partial charge >= 0.3 is 0 Å². The average molecular weight is 342 g/mol. The average Bonchev–Trinajstić information content (AvgIpc) is 2.69. The van der Waals surface area contributed by atoms with Crippen molar-refractivity contribution in [1.29, 1.82) is 0 Å². The number of hydrogen-bond acceptors (Lipinski definition) is 2. The molecule has 0 fully saturated rings. The normalized spacial score (nSPS) is 11.2. The third-order valence-corrected chi connectivity index (χ3v) is 3.48. The summed E-state index contributed by atoms with van der Waals surface area (Å²) < 4.78 is 42.0. The molecule has 0 amide bonds. The van der Waals surface area contributed by atoms with Crippen molar-refractivity contribution in [3.05, 3.63) is 52.3 Å². The predicted molar refractivity (Wildman–Crippen MR) is 73.1 cm³/mol. The molecule has 102 valence electrons. The van der Waals surface area contributed by atoms with E-state index in [1.165, 1.54) is 22.8 Å². The lowest BCUT2D eigenvalue weighted by atomic mass is 10.2. The topological polar surface area (TPSA) is 43.8 Å². The zero-order valence-corrected chi connectivity index (χ0v) is 11.5. The van der Waals surface area contributed by atoms with Gasteiger partial charge in [-0.05, 0) is 34.1 Å². The van der Waals surface area contributed by atoms with Crippen LogP contribution in [0, 0.1) is 17.5 Å². The lowest BCUT2D eigenvalue weighted by Gasteiger charge is -2.09. The number of nitrogens with zero attached hydrogens (tertiary/aromatic N) is 2. The highest BCUT2D eigenvalue weighted by atomic mass is 79.9. The summed E-state index contributed by atoms with van der Waals surface area (Å²) in [4.78, 5) is 3.94. The van der Waals surface area contributed by atoms with Crippen molar-refractivity contribution >= 4 is 32.9 Å². The largest absolute Gasteiger partial charge is 0.369 e. The molecule has 0 aliphatic rings. The van der Waals surface area contributed by atoms with Crippen LogP contribution in [0.2, 0.25) is 0 Å². The quantitative estimate of drug-likeness (QED) is 0.684. The lowest BCUT2D eigenvalue weighted by Crippen LogP contribution is -2.04. The molecule has 0 atom stereocenters. The monoisotopic (exact) mass is 341 g/mol. The zero-order valence-electron chi connectivity index (χ0n) is 9.87. The number of fused-ring (bicyclic) bond motifs is 1. The smallest absolute Gasteiger partial charge is 0.206 e. The molecule has 0 unspecified atom stereocenters. The summed E-state index contributed by atoms with van der Waals surface area (Å²) in [5.41, 5.74) is 6.30. The number of hydrogen-bond donors (Lipinski definition) is 1. The fourth-order valence-electron chi connectivity index (χ4n) is 2.01. The third-order valence-electron chi connectivity index (χ3n) is 2.87. The van der Waals surface area contributed by atoms with Gasteiger partial charge in [-0.3, -0.25) is 4.57 Å². The second-order valence-electron chi connectivity index (χ2n) is 4.16. The molecule has 0 radical (unpaired) electrons. The Morgan fingerprint density at radius 1 is 1.05 bits per heavy atom. The molecule has 0 aliphatic carbocycles. The summed E-state index contributed by atoms with van der Waals surface area (Å²) in [7, 11) is 0. The molecule has 20 heavy (non-hydrogen) atoms. The first-order valence-corrected chi connectivity index (χ1v) is 6.35. The predicted octanol–water partition coefficient (Wildman–Crippen LogP) is 3.79. The van der Waals surface area contributed by atoms with E-state index in [1.54, 1.807) is 0 Å². The van der Waals surface area contributed by atoms with Gasteiger partial charge in [0.1, 0.15) is 17.5 Å². The highest BCUT2D eigenvalue weighted by molar-refractivity contribution is 9.10. The van der Waals surface area contributed by atoms with E-state index in [-0.39, 0.29) is 21.6 Å². The van der Waals surface area contributed by atoms with Crippen LogP contribution in [0.3, 0.4) is 0 Å². The number of halogens is 4. The molecule has 3 aromatic rings. The van der Waals surface area contributed by atoms with Gasteiger partial charge in [0.05, 0.1) is 21.2 Å². The van der Waals surface area contributed by atoms with E-state index in [1.807, 2.05) is 0 Å². The third kappa shape index (κ3) is 1.94. The fraction of sp³-hybridized carbons (Fsp3) is 0. The van der Waals surface area contributed by atoms with E-state index in [0.717, 1.165) is 12.1 Å². The van der Waals surface area contributed by atoms with Crippen LogP contribution in [0.4, 0.5) is 19.1 Å². The number of nitrogens with two attached hydrogens (primary N) is 1. The Balaban J connectivity index is 2.35. The molecule has 1 aromatic heterocycles. The summed E-state index contributed by atoms with van der Waals surface area (Å²) in [5.74, 6) is -1.84. The molecule has 7 heteroatoms. The minimum atomic E-state index is -0.673. The Morgan fingerprint density at radius 2 is 1.80 bits per heavy atom. The van der Waals surface area contributed by atoms with Crippen LogP contribution in [0.5, 0.6) is 0 Å². The van der Waals surface area contributed by atoms with Crippen LogP contribution in [0.25, 0.3) is 16.7 Å². The maximum absolute atomic E-state index is 14.0. The first-order chi connectivity index (χ1) is 9.47. The summed E-state index contributed by atoms with van der Waals surface area (Å²) in [6.07, 6.45) is 0. The van der Waals surface area contributed by atoms with E-state index in [4.69, 9.17) is 5.73 Å². The molecule has 0 saturated carbocycles. The summed E-state index contributed by atoms with van der Waals surface area (Å²) >= 11 is 2.90. The molecule has 0 spiro atoms. The van der Waals surface area contributed by atoms with Gasteiger partial charge in [-0.2, -0.15) is 0 Å². The van der Waals surface area contributed by atoms with Crippen LogP contribution >= 0.6 is 15.9 Å². The molecule has 0 aliphatic heterocycles. The van der Waals surface area contributed by atoms with Crippen molar-refractivity contribution < 1.29 is 13.2 Å². The molecule has 2 N–H and O–H groups in total. The SMILES string of the molecule is Nc1nc2cc(F)ccc2n1-c1cc(F)c(Br)cc1F. The summed E-state index contributed by atoms with van der Waals surface area (Å²) in [6, 6.07) is 5.79. The second-order valence-corrected chi connectivity index (χ2v) is 5.01. The van der Waals surface area contributed by atoms with E-state index in [2.05, 4.69) is 20.9 Å². The standard InChI is InChI=1S/C13H7BrF3N3/c14-7-4-9(17)12(5-8(7)16)20-11-2-1-6(15)3-10(11)19-13(20)18/h1-5H,(H2,18,19). The Bertz CT molecular complexity index is 829. The Morgan fingerprint density at radius 3 is 2.55 bits per heavy atom. The lowest BCUT2D eigenvalue weighted by molar-refractivity contribution is 0.588. The van der Waals surface area contributed by atoms with E-state index >= 15 is 0 Å². The fourth-order valence-corrected chi connectivity index (χ4v) is 2.32. The number of rotatable bonds is 1. The Hall–Kier alpha value is -2.02.